The van der Waals surface area contributed by atoms with E-state index in [9.17, 15) is 26.4 Å². The number of aromatic nitrogens is 2. The second-order valence-corrected chi connectivity index (χ2v) is 12.4. The first-order valence-electron chi connectivity index (χ1n) is 11.8. The molecule has 0 spiro atoms. The van der Waals surface area contributed by atoms with Crippen LogP contribution in [-0.2, 0) is 38.5 Å². The highest BCUT2D eigenvalue weighted by Crippen LogP contribution is 2.42. The van der Waals surface area contributed by atoms with Gasteiger partial charge in [0.1, 0.15) is 11.7 Å². The summed E-state index contributed by atoms with van der Waals surface area (Å²) in [6, 6.07) is 0. The van der Waals surface area contributed by atoms with Crippen molar-refractivity contribution in [1.29, 1.82) is 0 Å². The van der Waals surface area contributed by atoms with Crippen LogP contribution in [0.1, 0.15) is 51.3 Å². The van der Waals surface area contributed by atoms with Gasteiger partial charge in [-0.05, 0) is 26.8 Å². The molecule has 4 atom stereocenters. The van der Waals surface area contributed by atoms with Gasteiger partial charge in [0.15, 0.2) is 12.3 Å². The van der Waals surface area contributed by atoms with Gasteiger partial charge >= 0.3 is 5.69 Å². The minimum Gasteiger partial charge on any atom is -0.378 e. The van der Waals surface area contributed by atoms with Gasteiger partial charge in [0.05, 0.1) is 18.6 Å². The molecule has 2 N–H and O–H groups in total. The van der Waals surface area contributed by atoms with E-state index >= 15 is 0 Å². The minimum atomic E-state index is -4.12. The van der Waals surface area contributed by atoms with E-state index < -0.39 is 61.2 Å². The highest BCUT2D eigenvalue weighted by Gasteiger charge is 2.60. The van der Waals surface area contributed by atoms with Crippen LogP contribution in [0.25, 0.3) is 0 Å². The molecule has 208 valence electrons. The lowest BCUT2D eigenvalue weighted by Gasteiger charge is -2.34. The third-order valence-electron chi connectivity index (χ3n) is 5.69. The van der Waals surface area contributed by atoms with Crippen molar-refractivity contribution in [2.45, 2.75) is 70.5 Å². The molecule has 0 bridgehead atoms. The fourth-order valence-corrected chi connectivity index (χ4v) is 5.58. The monoisotopic (exact) mass is 555 g/mol. The highest BCUT2D eigenvalue weighted by atomic mass is 32.2. The fourth-order valence-electron chi connectivity index (χ4n) is 3.87. The first-order chi connectivity index (χ1) is 16.8. The Morgan fingerprint density at radius 1 is 1.14 bits per heavy atom. The smallest absolute Gasteiger partial charge is 0.330 e. The molecule has 0 saturated carbocycles. The number of nitrogens with zero attached hydrogens (tertiary/aromatic N) is 1. The Morgan fingerprint density at radius 2 is 1.78 bits per heavy atom. The number of ether oxygens (including phenoxy) is 3. The lowest BCUT2D eigenvalue weighted by atomic mass is 9.97. The molecular weight excluding hydrogens is 518 g/mol. The quantitative estimate of drug-likeness (QED) is 0.222. The number of hydrogen-bond acceptors (Lipinski definition) is 10. The average Bonchev–Trinajstić information content (AvgIpc) is 3.05. The summed E-state index contributed by atoms with van der Waals surface area (Å²) in [5.74, 6) is -0.656. The van der Waals surface area contributed by atoms with Crippen molar-refractivity contribution in [3.05, 3.63) is 32.6 Å². The molecule has 1 unspecified atom stereocenters. The Bertz CT molecular complexity index is 1200. The average molecular weight is 556 g/mol. The molecule has 36 heavy (non-hydrogen) atoms. The van der Waals surface area contributed by atoms with Crippen molar-refractivity contribution in [2.24, 2.45) is 0 Å². The summed E-state index contributed by atoms with van der Waals surface area (Å²) >= 11 is 0. The minimum absolute atomic E-state index is 0.150. The molecule has 15 heteroatoms. The number of hydrogen-bond donors (Lipinski definition) is 2. The molecule has 1 aliphatic heterocycles. The number of H-pyrrole nitrogens is 1. The molecule has 2 rings (SSSR count). The van der Waals surface area contributed by atoms with Crippen LogP contribution in [0.5, 0.6) is 0 Å². The second-order valence-electron chi connectivity index (χ2n) is 8.83. The van der Waals surface area contributed by atoms with E-state index in [0.717, 1.165) is 23.7 Å². The summed E-state index contributed by atoms with van der Waals surface area (Å²) in [7, 11) is -6.84. The summed E-state index contributed by atoms with van der Waals surface area (Å²) in [5.41, 5.74) is -3.10. The maximum absolute atomic E-state index is 12.7. The maximum atomic E-state index is 12.7. The largest absolute Gasteiger partial charge is 0.378 e. The lowest BCUT2D eigenvalue weighted by Crippen LogP contribution is -2.55. The number of aryl methyl sites for hydroxylation is 1. The number of sulfonamides is 1. The first-order valence-corrected chi connectivity index (χ1v) is 15.2. The molecule has 1 aliphatic rings. The number of rotatable bonds is 15. The molecule has 1 aromatic rings. The van der Waals surface area contributed by atoms with E-state index in [1.54, 1.807) is 0 Å². The van der Waals surface area contributed by atoms with Gasteiger partial charge in [0.25, 0.3) is 15.7 Å². The van der Waals surface area contributed by atoms with Gasteiger partial charge in [-0.15, -0.1) is 0 Å². The molecule has 0 aromatic carbocycles. The van der Waals surface area contributed by atoms with Crippen LogP contribution < -0.4 is 16.0 Å². The molecular formula is C21H37N3O10S2. The molecule has 0 radical (unpaired) electrons. The number of unbranched alkanes of at least 4 members (excludes halogenated alkanes) is 2. The summed E-state index contributed by atoms with van der Waals surface area (Å²) in [6.07, 6.45) is 0.739. The van der Waals surface area contributed by atoms with E-state index in [-0.39, 0.29) is 18.8 Å². The third-order valence-corrected chi connectivity index (χ3v) is 7.75. The van der Waals surface area contributed by atoms with Crippen LogP contribution in [0.3, 0.4) is 0 Å². The summed E-state index contributed by atoms with van der Waals surface area (Å²) < 4.78 is 76.6. The standard InChI is InChI=1S/C21H37N3O10S2/c1-6-8-10-31-13-21(14-36(29,30)22-4)17(32-11-9-7-2)16(34-35(5,27)28)19(33-21)24-12-15(3)18(25)23-20(24)26/h12,16-17,19,22H,6-11,13-14H2,1-5H3,(H,23,25,26)/t16-,17?,19+,21+/m0/s1. The van der Waals surface area contributed by atoms with Crippen molar-refractivity contribution in [3.63, 3.8) is 0 Å². The van der Waals surface area contributed by atoms with E-state index in [1.807, 2.05) is 13.8 Å². The van der Waals surface area contributed by atoms with Gasteiger partial charge in [0.2, 0.25) is 10.0 Å². The fraction of sp³-hybridized carbons (Fsp3) is 0.810. The van der Waals surface area contributed by atoms with Crippen molar-refractivity contribution < 1.29 is 35.2 Å². The Morgan fingerprint density at radius 3 is 2.36 bits per heavy atom. The van der Waals surface area contributed by atoms with Crippen LogP contribution in [-0.4, -0.2) is 83.1 Å². The van der Waals surface area contributed by atoms with Gasteiger partial charge in [0, 0.05) is 25.0 Å². The maximum Gasteiger partial charge on any atom is 0.330 e. The van der Waals surface area contributed by atoms with Crippen molar-refractivity contribution in [2.75, 3.05) is 38.9 Å². The van der Waals surface area contributed by atoms with E-state index in [0.29, 0.717) is 19.4 Å². The topological polar surface area (TPSA) is 172 Å². The molecule has 0 aliphatic carbocycles. The van der Waals surface area contributed by atoms with Gasteiger partial charge < -0.3 is 14.2 Å². The van der Waals surface area contributed by atoms with Crippen LogP contribution in [0.4, 0.5) is 0 Å². The third kappa shape index (κ3) is 7.94. The Labute approximate surface area is 211 Å². The summed E-state index contributed by atoms with van der Waals surface area (Å²) in [5, 5.41) is 0. The van der Waals surface area contributed by atoms with Crippen LogP contribution in [0.2, 0.25) is 0 Å². The Hall–Kier alpha value is -1.62. The number of aromatic amines is 1. The zero-order valence-electron chi connectivity index (χ0n) is 21.3. The molecule has 1 fully saturated rings. The van der Waals surface area contributed by atoms with E-state index in [1.165, 1.54) is 20.2 Å². The van der Waals surface area contributed by atoms with Gasteiger partial charge in [-0.3, -0.25) is 18.5 Å². The Balaban J connectivity index is 2.71. The zero-order chi connectivity index (χ0) is 27.1. The molecule has 0 amide bonds. The van der Waals surface area contributed by atoms with Gasteiger partial charge in [-0.2, -0.15) is 8.42 Å². The van der Waals surface area contributed by atoms with Crippen LogP contribution >= 0.6 is 0 Å². The number of nitrogens with one attached hydrogen (secondary N) is 2. The molecule has 1 saturated heterocycles. The molecule has 2 heterocycles. The molecule has 13 nitrogen and oxygen atoms in total. The SMILES string of the molecule is CCCCOC[C@]1(CS(=O)(=O)NC)O[C@@H](n2cc(C)c(=O)[nH]c2=O)[C@@H](OS(C)(=O)=O)C1OCCCC. The highest BCUT2D eigenvalue weighted by molar-refractivity contribution is 7.89. The predicted molar refractivity (Wildman–Crippen MR) is 132 cm³/mol. The van der Waals surface area contributed by atoms with Crippen LogP contribution in [0, 0.1) is 6.92 Å². The predicted octanol–water partition coefficient (Wildman–Crippen LogP) is 0.00862. The van der Waals surface area contributed by atoms with E-state index in [4.69, 9.17) is 18.4 Å². The van der Waals surface area contributed by atoms with Crippen molar-refractivity contribution >= 4 is 20.1 Å². The van der Waals surface area contributed by atoms with Crippen LogP contribution in [0.15, 0.2) is 15.8 Å². The summed E-state index contributed by atoms with van der Waals surface area (Å²) in [6.45, 7) is 5.51. The molecule has 1 aromatic heterocycles. The second kappa shape index (κ2) is 12.8. The zero-order valence-corrected chi connectivity index (χ0v) is 22.9. The van der Waals surface area contributed by atoms with E-state index in [2.05, 4.69) is 9.71 Å². The van der Waals surface area contributed by atoms with Gasteiger partial charge in [-0.25, -0.2) is 17.9 Å². The lowest BCUT2D eigenvalue weighted by molar-refractivity contribution is -0.140. The summed E-state index contributed by atoms with van der Waals surface area (Å²) in [4.78, 5) is 26.8. The first kappa shape index (κ1) is 30.6. The van der Waals surface area contributed by atoms with Crippen molar-refractivity contribution in [1.82, 2.24) is 14.3 Å². The van der Waals surface area contributed by atoms with Gasteiger partial charge in [-0.1, -0.05) is 26.7 Å². The van der Waals surface area contributed by atoms with Crippen molar-refractivity contribution in [3.8, 4) is 0 Å². The Kier molecular flexibility index (Phi) is 10.8. The normalized spacial score (nSPS) is 24.9.